The highest BCUT2D eigenvalue weighted by atomic mass is 19.1. The van der Waals surface area contributed by atoms with Crippen LogP contribution in [0, 0.1) is 12.7 Å². The van der Waals surface area contributed by atoms with Crippen LogP contribution in [0.3, 0.4) is 0 Å². The lowest BCUT2D eigenvalue weighted by Crippen LogP contribution is -2.36. The van der Waals surface area contributed by atoms with Crippen LogP contribution in [-0.4, -0.2) is 47.1 Å². The molecule has 2 aromatic heterocycles. The van der Waals surface area contributed by atoms with Gasteiger partial charge in [-0.2, -0.15) is 0 Å². The number of hydrazone groups is 1. The highest BCUT2D eigenvalue weighted by Crippen LogP contribution is 2.27. The molecule has 5 rings (SSSR count). The van der Waals surface area contributed by atoms with Crippen molar-refractivity contribution in [3.63, 3.8) is 0 Å². The number of nitrogens with two attached hydrogens (primary N) is 1. The molecule has 1 saturated heterocycles. The maximum absolute atomic E-state index is 14.5. The number of pyridine rings is 1. The summed E-state index contributed by atoms with van der Waals surface area (Å²) in [7, 11) is 0. The van der Waals surface area contributed by atoms with E-state index in [1.165, 1.54) is 6.07 Å². The van der Waals surface area contributed by atoms with Crippen LogP contribution < -0.4 is 21.0 Å². The Bertz CT molecular complexity index is 1490. The Morgan fingerprint density at radius 3 is 2.59 bits per heavy atom. The van der Waals surface area contributed by atoms with Crippen LogP contribution in [0.4, 0.5) is 27.4 Å². The van der Waals surface area contributed by atoms with Crippen molar-refractivity contribution < 1.29 is 9.13 Å². The number of amidine groups is 1. The summed E-state index contributed by atoms with van der Waals surface area (Å²) in [6.45, 7) is 8.51. The van der Waals surface area contributed by atoms with E-state index in [0.717, 1.165) is 35.7 Å². The number of nitrogens with zero attached hydrogens (tertiary/aromatic N) is 6. The fourth-order valence-corrected chi connectivity index (χ4v) is 4.18. The van der Waals surface area contributed by atoms with E-state index >= 15 is 0 Å². The van der Waals surface area contributed by atoms with Gasteiger partial charge in [0.15, 0.2) is 5.84 Å². The highest BCUT2D eigenvalue weighted by Gasteiger charge is 2.14. The van der Waals surface area contributed by atoms with Gasteiger partial charge in [-0.25, -0.2) is 19.4 Å². The van der Waals surface area contributed by atoms with E-state index in [4.69, 9.17) is 10.5 Å². The zero-order chi connectivity index (χ0) is 27.2. The molecule has 3 N–H and O–H groups in total. The first-order valence-electron chi connectivity index (χ1n) is 12.5. The Kier molecular flexibility index (Phi) is 7.74. The minimum absolute atomic E-state index is 0.278. The van der Waals surface area contributed by atoms with Crippen LogP contribution in [0.2, 0.25) is 0 Å². The van der Waals surface area contributed by atoms with Gasteiger partial charge in [0, 0.05) is 48.6 Å². The number of nitrogens with one attached hydrogen (secondary N) is 1. The van der Waals surface area contributed by atoms with Crippen molar-refractivity contribution in [1.82, 2.24) is 15.0 Å². The van der Waals surface area contributed by atoms with Gasteiger partial charge < -0.3 is 20.7 Å². The van der Waals surface area contributed by atoms with Gasteiger partial charge in [0.05, 0.1) is 24.6 Å². The Morgan fingerprint density at radius 1 is 1.08 bits per heavy atom. The second kappa shape index (κ2) is 11.7. The molecule has 0 aliphatic carbocycles. The Labute approximate surface area is 226 Å². The summed E-state index contributed by atoms with van der Waals surface area (Å²) >= 11 is 0. The summed E-state index contributed by atoms with van der Waals surface area (Å²) in [6, 6.07) is 18.0. The van der Waals surface area contributed by atoms with Gasteiger partial charge >= 0.3 is 0 Å². The van der Waals surface area contributed by atoms with Crippen molar-refractivity contribution in [2.24, 2.45) is 10.8 Å². The highest BCUT2D eigenvalue weighted by molar-refractivity contribution is 5.96. The van der Waals surface area contributed by atoms with Crippen LogP contribution in [0.15, 0.2) is 90.9 Å². The van der Waals surface area contributed by atoms with Gasteiger partial charge in [-0.1, -0.05) is 6.58 Å². The maximum Gasteiger partial charge on any atom is 0.227 e. The summed E-state index contributed by atoms with van der Waals surface area (Å²) in [5.41, 5.74) is 11.4. The molecule has 0 saturated carbocycles. The van der Waals surface area contributed by atoms with Crippen molar-refractivity contribution in [2.75, 3.05) is 41.5 Å². The number of ether oxygens (including phenoxy) is 1. The summed E-state index contributed by atoms with van der Waals surface area (Å²) in [6.07, 6.45) is 4.91. The largest absolute Gasteiger partial charge is 0.380 e. The van der Waals surface area contributed by atoms with Crippen LogP contribution >= 0.6 is 0 Å². The zero-order valence-corrected chi connectivity index (χ0v) is 21.6. The summed E-state index contributed by atoms with van der Waals surface area (Å²) in [4.78, 5) is 15.3. The average Bonchev–Trinajstić information content (AvgIpc) is 2.96. The summed E-state index contributed by atoms with van der Waals surface area (Å²) in [5, 5.41) is 9.23. The third-order valence-electron chi connectivity index (χ3n) is 6.16. The van der Waals surface area contributed by atoms with Crippen LogP contribution in [-0.2, 0) is 4.74 Å². The van der Waals surface area contributed by atoms with Gasteiger partial charge in [-0.3, -0.25) is 4.98 Å². The average molecular weight is 525 g/mol. The van der Waals surface area contributed by atoms with Gasteiger partial charge in [-0.15, -0.1) is 5.10 Å². The molecule has 0 unspecified atom stereocenters. The SMILES string of the molecule is C=CN(/N=C(\N)c1cc(C)ccn1)c1ccc(Nc2nccc(-c3cc(F)cc(N4CCOCC4)c3)n2)cc1. The lowest BCUT2D eigenvalue weighted by atomic mass is 10.1. The fourth-order valence-electron chi connectivity index (χ4n) is 4.18. The third-order valence-corrected chi connectivity index (χ3v) is 6.16. The lowest BCUT2D eigenvalue weighted by molar-refractivity contribution is 0.122. The van der Waals surface area contributed by atoms with E-state index in [0.29, 0.717) is 36.1 Å². The van der Waals surface area contributed by atoms with Gasteiger partial charge in [0.25, 0.3) is 0 Å². The van der Waals surface area contributed by atoms with Crippen LogP contribution in [0.1, 0.15) is 11.3 Å². The smallest absolute Gasteiger partial charge is 0.227 e. The molecule has 0 atom stereocenters. The molecular formula is C29H29FN8O. The number of benzene rings is 2. The van der Waals surface area contributed by atoms with E-state index in [9.17, 15) is 4.39 Å². The monoisotopic (exact) mass is 524 g/mol. The Hall–Kier alpha value is -4.83. The van der Waals surface area contributed by atoms with Gasteiger partial charge in [0.2, 0.25) is 5.95 Å². The van der Waals surface area contributed by atoms with Crippen molar-refractivity contribution in [3.8, 4) is 11.3 Å². The third kappa shape index (κ3) is 6.36. The maximum atomic E-state index is 14.5. The number of morpholine rings is 1. The molecule has 10 heteroatoms. The molecule has 39 heavy (non-hydrogen) atoms. The van der Waals surface area contributed by atoms with Crippen molar-refractivity contribution in [3.05, 3.63) is 103 Å². The molecule has 1 aliphatic heterocycles. The minimum Gasteiger partial charge on any atom is -0.380 e. The molecule has 1 fully saturated rings. The first kappa shape index (κ1) is 25.8. The lowest BCUT2D eigenvalue weighted by Gasteiger charge is -2.29. The quantitative estimate of drug-likeness (QED) is 0.192. The normalized spacial score (nSPS) is 13.7. The number of hydrogen-bond donors (Lipinski definition) is 2. The molecule has 3 heterocycles. The molecule has 0 bridgehead atoms. The van der Waals surface area contributed by atoms with Crippen molar-refractivity contribution in [1.29, 1.82) is 0 Å². The number of aryl methyl sites for hydroxylation is 1. The number of aromatic nitrogens is 3. The Morgan fingerprint density at radius 2 is 1.85 bits per heavy atom. The molecule has 0 spiro atoms. The second-order valence-electron chi connectivity index (χ2n) is 8.97. The van der Waals surface area contributed by atoms with Crippen molar-refractivity contribution in [2.45, 2.75) is 6.92 Å². The predicted octanol–water partition coefficient (Wildman–Crippen LogP) is 4.84. The molecule has 1 aliphatic rings. The molecule has 198 valence electrons. The molecular weight excluding hydrogens is 495 g/mol. The van der Waals surface area contributed by atoms with E-state index in [2.05, 4.69) is 36.8 Å². The molecule has 2 aromatic carbocycles. The summed E-state index contributed by atoms with van der Waals surface area (Å²) in [5.74, 6) is 0.358. The first-order valence-corrected chi connectivity index (χ1v) is 12.5. The van der Waals surface area contributed by atoms with E-state index in [-0.39, 0.29) is 11.7 Å². The minimum atomic E-state index is -0.314. The zero-order valence-electron chi connectivity index (χ0n) is 21.6. The Balaban J connectivity index is 1.32. The topological polar surface area (TPSA) is 105 Å². The number of rotatable bonds is 8. The van der Waals surface area contributed by atoms with Gasteiger partial charge in [-0.05, 0) is 73.2 Å². The van der Waals surface area contributed by atoms with E-state index in [1.54, 1.807) is 35.7 Å². The number of anilines is 4. The molecule has 9 nitrogen and oxygen atoms in total. The number of halogens is 1. The molecule has 4 aromatic rings. The van der Waals surface area contributed by atoms with Gasteiger partial charge in [0.1, 0.15) is 11.5 Å². The predicted molar refractivity (Wildman–Crippen MR) is 153 cm³/mol. The fraction of sp³-hybridized carbons (Fsp3) is 0.172. The van der Waals surface area contributed by atoms with Crippen LogP contribution in [0.5, 0.6) is 0 Å². The summed E-state index contributed by atoms with van der Waals surface area (Å²) < 4.78 is 19.9. The van der Waals surface area contributed by atoms with Crippen molar-refractivity contribution >= 4 is 28.8 Å². The molecule has 0 radical (unpaired) electrons. The standard InChI is InChI=1S/C29H29FN8O/c1-3-38(36-28(31)27-16-20(2)8-10-32-27)24-6-4-23(5-7-24)34-29-33-11-9-26(35-29)21-17-22(30)19-25(18-21)37-12-14-39-15-13-37/h3-11,16-19H,1,12-15H2,2H3,(H2,31,36)(H,33,34,35). The van der Waals surface area contributed by atoms with Crippen LogP contribution in [0.25, 0.3) is 11.3 Å². The molecule has 0 amide bonds. The number of hydrogen-bond acceptors (Lipinski definition) is 8. The first-order chi connectivity index (χ1) is 19.0. The van der Waals surface area contributed by atoms with E-state index in [1.807, 2.05) is 49.4 Å². The van der Waals surface area contributed by atoms with E-state index < -0.39 is 0 Å². The second-order valence-corrected chi connectivity index (χ2v) is 8.97.